The number of rotatable bonds is 6. The second kappa shape index (κ2) is 11.9. The smallest absolute Gasteiger partial charge is 0.0520 e. The Bertz CT molecular complexity index is 2240. The van der Waals surface area contributed by atoms with Crippen LogP contribution in [0.2, 0.25) is 0 Å². The predicted molar refractivity (Wildman–Crippen MR) is 204 cm³/mol. The van der Waals surface area contributed by atoms with Gasteiger partial charge in [0.2, 0.25) is 0 Å². The van der Waals surface area contributed by atoms with E-state index in [0.29, 0.717) is 0 Å². The van der Waals surface area contributed by atoms with Crippen molar-refractivity contribution in [2.75, 3.05) is 4.90 Å². The maximum absolute atomic E-state index is 2.46. The maximum atomic E-state index is 2.46. The number of fused-ring (bicyclic) bond motifs is 3. The van der Waals surface area contributed by atoms with E-state index in [0.717, 1.165) is 5.69 Å². The lowest BCUT2D eigenvalue weighted by atomic mass is 9.82. The van der Waals surface area contributed by atoms with Crippen molar-refractivity contribution in [2.24, 2.45) is 0 Å². The van der Waals surface area contributed by atoms with Crippen molar-refractivity contribution in [3.63, 3.8) is 0 Å². The van der Waals surface area contributed by atoms with Gasteiger partial charge in [0.15, 0.2) is 0 Å². The van der Waals surface area contributed by atoms with Gasteiger partial charge in [-0.3, -0.25) is 0 Å². The van der Waals surface area contributed by atoms with Crippen LogP contribution in [0.1, 0.15) is 36.1 Å². The quantitative estimate of drug-likeness (QED) is 0.179. The van der Waals surface area contributed by atoms with Crippen LogP contribution in [0.4, 0.5) is 17.1 Å². The molecule has 0 aromatic heterocycles. The SMILES string of the molecule is Cc1cc(-c2ccccc2-c2ccccc2)cc(C)c1N(c1ccc(-c2ccccc2)cc1)c1ccc2c(c1)C(C)(C)c1ccccc1-2. The molecule has 7 aromatic carbocycles. The Labute approximate surface area is 284 Å². The zero-order valence-electron chi connectivity index (χ0n) is 28.0. The minimum atomic E-state index is -0.0835. The van der Waals surface area contributed by atoms with Crippen molar-refractivity contribution < 1.29 is 0 Å². The van der Waals surface area contributed by atoms with Crippen molar-refractivity contribution in [2.45, 2.75) is 33.1 Å². The molecule has 0 saturated carbocycles. The first-order valence-electron chi connectivity index (χ1n) is 16.9. The minimum absolute atomic E-state index is 0.0835. The molecule has 0 amide bonds. The van der Waals surface area contributed by atoms with E-state index < -0.39 is 0 Å². The number of hydrogen-bond acceptors (Lipinski definition) is 1. The first-order chi connectivity index (χ1) is 23.4. The lowest BCUT2D eigenvalue weighted by molar-refractivity contribution is 0.660. The van der Waals surface area contributed by atoms with Crippen LogP contribution >= 0.6 is 0 Å². The summed E-state index contributed by atoms with van der Waals surface area (Å²) in [5.74, 6) is 0. The summed E-state index contributed by atoms with van der Waals surface area (Å²) >= 11 is 0. The summed E-state index contributed by atoms with van der Waals surface area (Å²) in [5, 5.41) is 0. The molecular weight excluding hydrogens is 579 g/mol. The fourth-order valence-electron chi connectivity index (χ4n) is 7.74. The Hall–Kier alpha value is -5.66. The lowest BCUT2D eigenvalue weighted by Gasteiger charge is -2.31. The summed E-state index contributed by atoms with van der Waals surface area (Å²) < 4.78 is 0. The molecule has 1 nitrogen and oxygen atoms in total. The van der Waals surface area contributed by atoms with Crippen LogP contribution in [0.25, 0.3) is 44.5 Å². The molecule has 1 aliphatic carbocycles. The summed E-state index contributed by atoms with van der Waals surface area (Å²) in [4.78, 5) is 2.46. The molecule has 8 rings (SSSR count). The highest BCUT2D eigenvalue weighted by Crippen LogP contribution is 2.51. The zero-order chi connectivity index (χ0) is 32.8. The summed E-state index contributed by atoms with van der Waals surface area (Å²) in [7, 11) is 0. The Morgan fingerprint density at radius 3 is 1.50 bits per heavy atom. The van der Waals surface area contributed by atoms with Crippen molar-refractivity contribution in [1.82, 2.24) is 0 Å². The molecule has 0 radical (unpaired) electrons. The number of hydrogen-bond donors (Lipinski definition) is 0. The van der Waals surface area contributed by atoms with E-state index in [9.17, 15) is 0 Å². The molecule has 0 N–H and O–H groups in total. The van der Waals surface area contributed by atoms with Gasteiger partial charge in [0.05, 0.1) is 5.69 Å². The average Bonchev–Trinajstić information content (AvgIpc) is 3.36. The average molecular weight is 618 g/mol. The Kier molecular flexibility index (Phi) is 7.34. The molecule has 0 fully saturated rings. The van der Waals surface area contributed by atoms with Crippen LogP contribution in [-0.2, 0) is 5.41 Å². The number of benzene rings is 7. The van der Waals surface area contributed by atoms with Crippen LogP contribution in [0.3, 0.4) is 0 Å². The van der Waals surface area contributed by atoms with Crippen molar-refractivity contribution in [3.8, 4) is 44.5 Å². The molecule has 0 saturated heterocycles. The van der Waals surface area contributed by atoms with E-state index in [1.165, 1.54) is 78.1 Å². The van der Waals surface area contributed by atoms with Gasteiger partial charge in [-0.05, 0) is 117 Å². The molecule has 0 heterocycles. The Morgan fingerprint density at radius 2 is 0.854 bits per heavy atom. The number of aryl methyl sites for hydroxylation is 2. The summed E-state index contributed by atoms with van der Waals surface area (Å²) in [6.45, 7) is 9.23. The van der Waals surface area contributed by atoms with E-state index in [2.05, 4.69) is 196 Å². The van der Waals surface area contributed by atoms with Crippen molar-refractivity contribution in [1.29, 1.82) is 0 Å². The van der Waals surface area contributed by atoms with Crippen LogP contribution < -0.4 is 4.90 Å². The largest absolute Gasteiger partial charge is 0.310 e. The monoisotopic (exact) mass is 617 g/mol. The van der Waals surface area contributed by atoms with Gasteiger partial charge >= 0.3 is 0 Å². The molecule has 48 heavy (non-hydrogen) atoms. The second-order valence-corrected chi connectivity index (χ2v) is 13.5. The predicted octanol–water partition coefficient (Wildman–Crippen LogP) is 13.1. The third kappa shape index (κ3) is 5.04. The second-order valence-electron chi connectivity index (χ2n) is 13.5. The third-order valence-electron chi connectivity index (χ3n) is 10.1. The van der Waals surface area contributed by atoms with Gasteiger partial charge in [-0.25, -0.2) is 0 Å². The number of nitrogens with zero attached hydrogens (tertiary/aromatic N) is 1. The highest BCUT2D eigenvalue weighted by atomic mass is 15.1. The summed E-state index contributed by atoms with van der Waals surface area (Å²) in [6.07, 6.45) is 0. The molecule has 232 valence electrons. The molecule has 0 spiro atoms. The van der Waals surface area contributed by atoms with Gasteiger partial charge in [0, 0.05) is 16.8 Å². The maximum Gasteiger partial charge on any atom is 0.0520 e. The molecule has 0 unspecified atom stereocenters. The van der Waals surface area contributed by atoms with E-state index in [1.807, 2.05) is 0 Å². The fraction of sp³-hybridized carbons (Fsp3) is 0.106. The van der Waals surface area contributed by atoms with Gasteiger partial charge in [-0.2, -0.15) is 0 Å². The van der Waals surface area contributed by atoms with Crippen LogP contribution in [0.5, 0.6) is 0 Å². The highest BCUT2D eigenvalue weighted by Gasteiger charge is 2.36. The first kappa shape index (κ1) is 29.7. The molecule has 1 heteroatoms. The van der Waals surface area contributed by atoms with Crippen LogP contribution in [0.15, 0.2) is 164 Å². The molecule has 0 aliphatic heterocycles. The zero-order valence-corrected chi connectivity index (χ0v) is 28.0. The van der Waals surface area contributed by atoms with Gasteiger partial charge < -0.3 is 4.90 Å². The Morgan fingerprint density at radius 1 is 0.375 bits per heavy atom. The van der Waals surface area contributed by atoms with Gasteiger partial charge in [0.1, 0.15) is 0 Å². The molecule has 1 aliphatic rings. The van der Waals surface area contributed by atoms with Crippen LogP contribution in [0, 0.1) is 13.8 Å². The third-order valence-corrected chi connectivity index (χ3v) is 10.1. The van der Waals surface area contributed by atoms with E-state index in [4.69, 9.17) is 0 Å². The molecule has 0 atom stereocenters. The topological polar surface area (TPSA) is 3.24 Å². The first-order valence-corrected chi connectivity index (χ1v) is 16.9. The van der Waals surface area contributed by atoms with Crippen molar-refractivity contribution in [3.05, 3.63) is 186 Å². The summed E-state index contributed by atoms with van der Waals surface area (Å²) in [6, 6.07) is 59.8. The Balaban J connectivity index is 1.29. The van der Waals surface area contributed by atoms with Gasteiger partial charge in [-0.1, -0.05) is 141 Å². The fourth-order valence-corrected chi connectivity index (χ4v) is 7.74. The standard InChI is InChI=1S/C47H39N/c1-32-29-37(41-20-12-11-19-40(41)36-17-9-6-10-18-36)30-33(2)46(32)48(38-25-23-35(24-26-38)34-15-7-5-8-16-34)39-27-28-43-42-21-13-14-22-44(42)47(3,4)45(43)31-39/h5-31H,1-4H3. The van der Waals surface area contributed by atoms with E-state index in [1.54, 1.807) is 0 Å². The normalized spacial score (nSPS) is 12.8. The summed E-state index contributed by atoms with van der Waals surface area (Å²) in [5.41, 5.74) is 18.8. The number of anilines is 3. The molecule has 7 aromatic rings. The van der Waals surface area contributed by atoms with Crippen molar-refractivity contribution >= 4 is 17.1 Å². The van der Waals surface area contributed by atoms with Gasteiger partial charge in [0.25, 0.3) is 0 Å². The molecule has 0 bridgehead atoms. The minimum Gasteiger partial charge on any atom is -0.310 e. The molecular formula is C47H39N. The van der Waals surface area contributed by atoms with Crippen LogP contribution in [-0.4, -0.2) is 0 Å². The van der Waals surface area contributed by atoms with E-state index >= 15 is 0 Å². The van der Waals surface area contributed by atoms with Gasteiger partial charge in [-0.15, -0.1) is 0 Å². The van der Waals surface area contributed by atoms with E-state index in [-0.39, 0.29) is 5.41 Å². The highest BCUT2D eigenvalue weighted by molar-refractivity contribution is 5.90. The lowest BCUT2D eigenvalue weighted by Crippen LogP contribution is -2.17.